The molecule has 0 amide bonds. The summed E-state index contributed by atoms with van der Waals surface area (Å²) in [4.78, 5) is 11.5. The molecule has 1 aromatic rings. The second kappa shape index (κ2) is 6.29. The van der Waals surface area contributed by atoms with Crippen LogP contribution in [0.15, 0.2) is 17.0 Å². The second-order valence-corrected chi connectivity index (χ2v) is 6.91. The Kier molecular flexibility index (Phi) is 4.85. The molecule has 0 radical (unpaired) electrons. The molecular formula is C13H15ClFNO4S. The third-order valence-electron chi connectivity index (χ3n) is 3.37. The fourth-order valence-electron chi connectivity index (χ4n) is 2.30. The number of hydrogen-bond donors (Lipinski definition) is 1. The fraction of sp³-hybridized carbons (Fsp3) is 0.462. The molecule has 1 aliphatic carbocycles. The lowest BCUT2D eigenvalue weighted by atomic mass is 9.98. The molecule has 5 nitrogen and oxygen atoms in total. The van der Waals surface area contributed by atoms with E-state index in [1.54, 1.807) is 0 Å². The lowest BCUT2D eigenvalue weighted by Crippen LogP contribution is -2.22. The molecule has 0 aliphatic heterocycles. The van der Waals surface area contributed by atoms with Crippen molar-refractivity contribution in [2.75, 3.05) is 0 Å². The first-order valence-electron chi connectivity index (χ1n) is 6.52. The van der Waals surface area contributed by atoms with Crippen molar-refractivity contribution in [1.82, 2.24) is 0 Å². The quantitative estimate of drug-likeness (QED) is 0.860. The van der Waals surface area contributed by atoms with Crippen molar-refractivity contribution < 1.29 is 22.3 Å². The van der Waals surface area contributed by atoms with Gasteiger partial charge in [0.15, 0.2) is 0 Å². The minimum atomic E-state index is -4.15. The van der Waals surface area contributed by atoms with Crippen LogP contribution in [0.2, 0.25) is 5.02 Å². The summed E-state index contributed by atoms with van der Waals surface area (Å²) < 4.78 is 41.7. The van der Waals surface area contributed by atoms with Gasteiger partial charge in [0.1, 0.15) is 16.8 Å². The number of rotatable bonds is 3. The molecule has 8 heteroatoms. The number of halogens is 2. The van der Waals surface area contributed by atoms with Crippen LogP contribution in [0.1, 0.15) is 42.5 Å². The maximum Gasteiger partial charge on any atom is 0.341 e. The van der Waals surface area contributed by atoms with E-state index in [0.717, 1.165) is 44.2 Å². The zero-order valence-corrected chi connectivity index (χ0v) is 12.7. The maximum atomic E-state index is 13.8. The largest absolute Gasteiger partial charge is 0.459 e. The molecule has 2 N–H and O–H groups in total. The monoisotopic (exact) mass is 335 g/mol. The maximum absolute atomic E-state index is 13.8. The average Bonchev–Trinajstić information content (AvgIpc) is 2.38. The van der Waals surface area contributed by atoms with E-state index in [1.165, 1.54) is 0 Å². The smallest absolute Gasteiger partial charge is 0.341 e. The number of primary sulfonamides is 1. The van der Waals surface area contributed by atoms with Crippen molar-refractivity contribution in [2.45, 2.75) is 43.1 Å². The van der Waals surface area contributed by atoms with Crippen LogP contribution < -0.4 is 5.14 Å². The highest BCUT2D eigenvalue weighted by Crippen LogP contribution is 2.26. The summed E-state index contributed by atoms with van der Waals surface area (Å²) in [7, 11) is -4.15. The molecule has 1 aromatic carbocycles. The molecule has 0 spiro atoms. The Morgan fingerprint density at radius 3 is 2.48 bits per heavy atom. The summed E-state index contributed by atoms with van der Waals surface area (Å²) >= 11 is 5.63. The highest BCUT2D eigenvalue weighted by Gasteiger charge is 2.24. The van der Waals surface area contributed by atoms with Crippen LogP contribution in [0.3, 0.4) is 0 Å². The van der Waals surface area contributed by atoms with Crippen molar-refractivity contribution in [3.05, 3.63) is 28.5 Å². The third kappa shape index (κ3) is 3.93. The van der Waals surface area contributed by atoms with Crippen LogP contribution in [0.25, 0.3) is 0 Å². The molecule has 116 valence electrons. The Balaban J connectivity index is 2.28. The Morgan fingerprint density at radius 1 is 1.29 bits per heavy atom. The topological polar surface area (TPSA) is 86.5 Å². The lowest BCUT2D eigenvalue weighted by Gasteiger charge is -2.22. The van der Waals surface area contributed by atoms with Gasteiger partial charge < -0.3 is 4.74 Å². The van der Waals surface area contributed by atoms with Crippen molar-refractivity contribution in [2.24, 2.45) is 5.14 Å². The molecule has 0 bridgehead atoms. The molecule has 0 atom stereocenters. The van der Waals surface area contributed by atoms with Gasteiger partial charge in [0, 0.05) is 0 Å². The normalized spacial score (nSPS) is 16.7. The average molecular weight is 336 g/mol. The van der Waals surface area contributed by atoms with E-state index < -0.39 is 32.3 Å². The number of ether oxygens (including phenoxy) is 1. The van der Waals surface area contributed by atoms with E-state index in [9.17, 15) is 17.6 Å². The van der Waals surface area contributed by atoms with Crippen molar-refractivity contribution >= 4 is 27.6 Å². The summed E-state index contributed by atoms with van der Waals surface area (Å²) in [5.74, 6) is -1.84. The molecule has 21 heavy (non-hydrogen) atoms. The van der Waals surface area contributed by atoms with Gasteiger partial charge in [-0.05, 0) is 37.8 Å². The first-order chi connectivity index (χ1) is 9.79. The van der Waals surface area contributed by atoms with E-state index in [1.807, 2.05) is 0 Å². The van der Waals surface area contributed by atoms with Crippen LogP contribution in [0.5, 0.6) is 0 Å². The van der Waals surface area contributed by atoms with Gasteiger partial charge in [-0.3, -0.25) is 0 Å². The highest BCUT2D eigenvalue weighted by molar-refractivity contribution is 7.89. The molecule has 0 saturated heterocycles. The van der Waals surface area contributed by atoms with Crippen molar-refractivity contribution in [3.63, 3.8) is 0 Å². The number of carbonyl (C=O) groups excluding carboxylic acids is 1. The van der Waals surface area contributed by atoms with E-state index in [-0.39, 0.29) is 11.1 Å². The summed E-state index contributed by atoms with van der Waals surface area (Å²) in [6.07, 6.45) is 4.16. The Labute approximate surface area is 127 Å². The first kappa shape index (κ1) is 16.2. The first-order valence-corrected chi connectivity index (χ1v) is 8.44. The summed E-state index contributed by atoms with van der Waals surface area (Å²) in [5.41, 5.74) is -0.478. The van der Waals surface area contributed by atoms with Gasteiger partial charge in [-0.2, -0.15) is 0 Å². The molecule has 1 saturated carbocycles. The number of benzene rings is 1. The van der Waals surface area contributed by atoms with Crippen LogP contribution in [0.4, 0.5) is 4.39 Å². The molecule has 1 fully saturated rings. The predicted octanol–water partition coefficient (Wildman–Crippen LogP) is 2.62. The number of sulfonamides is 1. The highest BCUT2D eigenvalue weighted by atomic mass is 35.5. The predicted molar refractivity (Wildman–Crippen MR) is 75.1 cm³/mol. The Morgan fingerprint density at radius 2 is 1.90 bits per heavy atom. The van der Waals surface area contributed by atoms with Gasteiger partial charge in [0.05, 0.1) is 10.6 Å². The van der Waals surface area contributed by atoms with E-state index in [4.69, 9.17) is 21.5 Å². The number of carbonyl (C=O) groups is 1. The van der Waals surface area contributed by atoms with Gasteiger partial charge in [0.2, 0.25) is 10.0 Å². The van der Waals surface area contributed by atoms with Gasteiger partial charge in [-0.1, -0.05) is 18.0 Å². The van der Waals surface area contributed by atoms with Crippen LogP contribution in [-0.2, 0) is 14.8 Å². The van der Waals surface area contributed by atoms with Gasteiger partial charge in [-0.15, -0.1) is 0 Å². The molecular weight excluding hydrogens is 321 g/mol. The Hall–Kier alpha value is -1.18. The Bertz CT molecular complexity index is 656. The van der Waals surface area contributed by atoms with Crippen molar-refractivity contribution in [3.8, 4) is 0 Å². The van der Waals surface area contributed by atoms with E-state index in [2.05, 4.69) is 0 Å². The lowest BCUT2D eigenvalue weighted by molar-refractivity contribution is 0.0206. The third-order valence-corrected chi connectivity index (χ3v) is 4.75. The van der Waals surface area contributed by atoms with Gasteiger partial charge >= 0.3 is 5.97 Å². The summed E-state index contributed by atoms with van der Waals surface area (Å²) in [6, 6.07) is 1.57. The van der Waals surface area contributed by atoms with Crippen LogP contribution >= 0.6 is 11.6 Å². The van der Waals surface area contributed by atoms with Crippen LogP contribution in [-0.4, -0.2) is 20.5 Å². The minimum absolute atomic E-state index is 0.265. The minimum Gasteiger partial charge on any atom is -0.459 e. The summed E-state index contributed by atoms with van der Waals surface area (Å²) in [5, 5.41) is 4.60. The number of esters is 1. The summed E-state index contributed by atoms with van der Waals surface area (Å²) in [6.45, 7) is 0. The second-order valence-electron chi connectivity index (χ2n) is 4.97. The SMILES string of the molecule is NS(=O)(=O)c1cc(C(=O)OC2CCCCC2)c(F)cc1Cl. The van der Waals surface area contributed by atoms with E-state index >= 15 is 0 Å². The zero-order valence-electron chi connectivity index (χ0n) is 11.1. The van der Waals surface area contributed by atoms with E-state index in [0.29, 0.717) is 0 Å². The van der Waals surface area contributed by atoms with Crippen molar-refractivity contribution in [1.29, 1.82) is 0 Å². The number of hydrogen-bond acceptors (Lipinski definition) is 4. The fourth-order valence-corrected chi connectivity index (χ4v) is 3.39. The molecule has 0 aromatic heterocycles. The standard InChI is InChI=1S/C13H15ClFNO4S/c14-10-7-11(15)9(6-12(10)21(16,18)19)13(17)20-8-4-2-1-3-5-8/h6-8H,1-5H2,(H2,16,18,19). The molecule has 0 heterocycles. The molecule has 2 rings (SSSR count). The van der Waals surface area contributed by atoms with Gasteiger partial charge in [-0.25, -0.2) is 22.7 Å². The molecule has 1 aliphatic rings. The molecule has 0 unspecified atom stereocenters. The van der Waals surface area contributed by atoms with Crippen LogP contribution in [0, 0.1) is 5.82 Å². The van der Waals surface area contributed by atoms with Gasteiger partial charge in [0.25, 0.3) is 0 Å². The zero-order chi connectivity index (χ0) is 15.6. The number of nitrogens with two attached hydrogens (primary N) is 1.